The molecule has 0 aliphatic heterocycles. The van der Waals surface area contributed by atoms with Crippen molar-refractivity contribution in [3.05, 3.63) is 33.5 Å². The van der Waals surface area contributed by atoms with Crippen LogP contribution in [0.1, 0.15) is 43.9 Å². The Hall–Kier alpha value is -2.99. The molecule has 3 rings (SSSR count). The predicted octanol–water partition coefficient (Wildman–Crippen LogP) is 2.72. The van der Waals surface area contributed by atoms with Crippen LogP contribution in [0.2, 0.25) is 0 Å². The minimum absolute atomic E-state index is 0.0189. The van der Waals surface area contributed by atoms with E-state index in [0.717, 1.165) is 34.5 Å². The molecule has 0 saturated carbocycles. The molecule has 12 heteroatoms. The first-order chi connectivity index (χ1) is 15.1. The minimum atomic E-state index is -0.582. The number of rotatable bonds is 7. The van der Waals surface area contributed by atoms with Crippen LogP contribution in [0.5, 0.6) is 0 Å². The molecule has 10 nitrogen and oxygen atoms in total. The summed E-state index contributed by atoms with van der Waals surface area (Å²) in [5.74, 6) is -0.701. The van der Waals surface area contributed by atoms with Crippen LogP contribution in [0.25, 0.3) is 5.78 Å². The number of thioether (sulfide) groups is 1. The molecule has 3 aromatic heterocycles. The van der Waals surface area contributed by atoms with Gasteiger partial charge in [-0.05, 0) is 39.3 Å². The van der Waals surface area contributed by atoms with E-state index in [1.165, 1.54) is 4.90 Å². The molecule has 0 saturated heterocycles. The molecule has 0 aliphatic carbocycles. The van der Waals surface area contributed by atoms with Crippen molar-refractivity contribution < 1.29 is 19.1 Å². The molecule has 32 heavy (non-hydrogen) atoms. The zero-order valence-electron chi connectivity index (χ0n) is 18.7. The largest absolute Gasteiger partial charge is 0.462 e. The van der Waals surface area contributed by atoms with Crippen LogP contribution in [0, 0.1) is 20.8 Å². The average Bonchev–Trinajstić information content (AvgIpc) is 3.26. The predicted molar refractivity (Wildman–Crippen MR) is 123 cm³/mol. The third-order valence-corrected chi connectivity index (χ3v) is 6.44. The number of nitrogens with zero attached hydrogens (tertiary/aromatic N) is 5. The summed E-state index contributed by atoms with van der Waals surface area (Å²) in [5, 5.41) is 7.81. The standard InChI is InChI=1S/C20H24N6O4S2/c1-7-30-18(29)14-12(4)15(17(28)25(5)6)32-16(14)22-13(27)9-31-20-23-19-21-10(2)8-11(3)26(19)24-20/h8H,7,9H2,1-6H3,(H,22,27). The number of aromatic nitrogens is 4. The second-order valence-corrected chi connectivity index (χ2v) is 9.13. The molecule has 0 bridgehead atoms. The van der Waals surface area contributed by atoms with Gasteiger partial charge >= 0.3 is 5.97 Å². The molecule has 1 N–H and O–H groups in total. The van der Waals surface area contributed by atoms with Gasteiger partial charge in [0.1, 0.15) is 5.00 Å². The third kappa shape index (κ3) is 4.91. The summed E-state index contributed by atoms with van der Waals surface area (Å²) in [6.45, 7) is 7.32. The Bertz CT molecular complexity index is 1200. The zero-order chi connectivity index (χ0) is 23.6. The Morgan fingerprint density at radius 3 is 2.59 bits per heavy atom. The molecule has 170 valence electrons. The van der Waals surface area contributed by atoms with E-state index < -0.39 is 5.97 Å². The summed E-state index contributed by atoms with van der Waals surface area (Å²) in [6, 6.07) is 1.89. The van der Waals surface area contributed by atoms with Crippen LogP contribution < -0.4 is 5.32 Å². The van der Waals surface area contributed by atoms with Crippen LogP contribution in [0.3, 0.4) is 0 Å². The number of hydrogen-bond acceptors (Lipinski definition) is 9. The number of carbonyl (C=O) groups excluding carboxylic acids is 3. The summed E-state index contributed by atoms with van der Waals surface area (Å²) < 4.78 is 6.74. The van der Waals surface area contributed by atoms with Gasteiger partial charge in [-0.15, -0.1) is 16.4 Å². The van der Waals surface area contributed by atoms with E-state index in [-0.39, 0.29) is 34.7 Å². The summed E-state index contributed by atoms with van der Waals surface area (Å²) in [7, 11) is 3.25. The highest BCUT2D eigenvalue weighted by Gasteiger charge is 2.27. The van der Waals surface area contributed by atoms with Gasteiger partial charge in [0, 0.05) is 25.5 Å². The van der Waals surface area contributed by atoms with Gasteiger partial charge in [-0.1, -0.05) is 11.8 Å². The smallest absolute Gasteiger partial charge is 0.341 e. The van der Waals surface area contributed by atoms with Crippen molar-refractivity contribution in [3.63, 3.8) is 0 Å². The molecule has 3 aromatic rings. The normalized spacial score (nSPS) is 10.9. The van der Waals surface area contributed by atoms with Crippen molar-refractivity contribution >= 4 is 51.7 Å². The summed E-state index contributed by atoms with van der Waals surface area (Å²) in [6.07, 6.45) is 0. The minimum Gasteiger partial charge on any atom is -0.462 e. The fraction of sp³-hybridized carbons (Fsp3) is 0.400. The van der Waals surface area contributed by atoms with E-state index in [9.17, 15) is 14.4 Å². The third-order valence-electron chi connectivity index (χ3n) is 4.41. The van der Waals surface area contributed by atoms with E-state index in [2.05, 4.69) is 20.4 Å². The van der Waals surface area contributed by atoms with E-state index in [1.54, 1.807) is 32.5 Å². The second kappa shape index (κ2) is 9.65. The lowest BCUT2D eigenvalue weighted by Crippen LogP contribution is -2.21. The maximum atomic E-state index is 12.6. The molecule has 0 aromatic carbocycles. The van der Waals surface area contributed by atoms with Crippen molar-refractivity contribution in [2.24, 2.45) is 0 Å². The van der Waals surface area contributed by atoms with E-state index >= 15 is 0 Å². The van der Waals surface area contributed by atoms with E-state index in [4.69, 9.17) is 4.74 Å². The number of thiophene rings is 1. The number of ether oxygens (including phenoxy) is 1. The van der Waals surface area contributed by atoms with Crippen LogP contribution in [0.4, 0.5) is 5.00 Å². The average molecular weight is 477 g/mol. The van der Waals surface area contributed by atoms with Gasteiger partial charge in [0.2, 0.25) is 11.1 Å². The van der Waals surface area contributed by atoms with Crippen molar-refractivity contribution in [1.82, 2.24) is 24.5 Å². The Morgan fingerprint density at radius 2 is 1.94 bits per heavy atom. The number of anilines is 1. The fourth-order valence-corrected chi connectivity index (χ4v) is 4.81. The molecule has 0 unspecified atom stereocenters. The van der Waals surface area contributed by atoms with Gasteiger partial charge in [-0.2, -0.15) is 4.98 Å². The van der Waals surface area contributed by atoms with Gasteiger partial charge in [0.25, 0.3) is 11.7 Å². The number of nitrogens with one attached hydrogen (secondary N) is 1. The molecular weight excluding hydrogens is 452 g/mol. The Morgan fingerprint density at radius 1 is 1.22 bits per heavy atom. The van der Waals surface area contributed by atoms with Crippen molar-refractivity contribution in [2.75, 3.05) is 31.8 Å². The zero-order valence-corrected chi connectivity index (χ0v) is 20.3. The Labute approximate surface area is 193 Å². The molecule has 0 radical (unpaired) electrons. The molecule has 3 heterocycles. The molecule has 0 atom stereocenters. The first-order valence-corrected chi connectivity index (χ1v) is 11.6. The Balaban J connectivity index is 1.79. The molecule has 0 spiro atoms. The lowest BCUT2D eigenvalue weighted by Gasteiger charge is -2.09. The van der Waals surface area contributed by atoms with Gasteiger partial charge in [-0.25, -0.2) is 14.3 Å². The molecule has 0 fully saturated rings. The Kier molecular flexibility index (Phi) is 7.14. The molecule has 0 aliphatic rings. The number of fused-ring (bicyclic) bond motifs is 1. The number of esters is 1. The topological polar surface area (TPSA) is 119 Å². The van der Waals surface area contributed by atoms with E-state index in [0.29, 0.717) is 21.4 Å². The number of hydrogen-bond donors (Lipinski definition) is 1. The maximum Gasteiger partial charge on any atom is 0.341 e. The van der Waals surface area contributed by atoms with Crippen LogP contribution in [0.15, 0.2) is 11.2 Å². The molecule has 2 amide bonds. The maximum absolute atomic E-state index is 12.6. The second-order valence-electron chi connectivity index (χ2n) is 7.16. The van der Waals surface area contributed by atoms with Crippen molar-refractivity contribution in [1.29, 1.82) is 0 Å². The van der Waals surface area contributed by atoms with Gasteiger partial charge in [0.05, 0.1) is 22.8 Å². The summed E-state index contributed by atoms with van der Waals surface area (Å²) in [4.78, 5) is 48.1. The number of aryl methyl sites for hydroxylation is 2. The highest BCUT2D eigenvalue weighted by atomic mass is 32.2. The van der Waals surface area contributed by atoms with Gasteiger partial charge in [-0.3, -0.25) is 9.59 Å². The first kappa shape index (κ1) is 23.7. The van der Waals surface area contributed by atoms with Crippen LogP contribution >= 0.6 is 23.1 Å². The lowest BCUT2D eigenvalue weighted by molar-refractivity contribution is -0.113. The number of carbonyl (C=O) groups is 3. The fourth-order valence-electron chi connectivity index (χ4n) is 2.96. The monoisotopic (exact) mass is 476 g/mol. The quantitative estimate of drug-likeness (QED) is 0.408. The van der Waals surface area contributed by atoms with E-state index in [1.807, 2.05) is 19.9 Å². The van der Waals surface area contributed by atoms with Crippen LogP contribution in [-0.4, -0.2) is 68.7 Å². The van der Waals surface area contributed by atoms with Crippen molar-refractivity contribution in [3.8, 4) is 0 Å². The van der Waals surface area contributed by atoms with Crippen LogP contribution in [-0.2, 0) is 9.53 Å². The number of amides is 2. The molecular formula is C20H24N6O4S2. The SMILES string of the molecule is CCOC(=O)c1c(NC(=O)CSc2nc3nc(C)cc(C)n3n2)sc(C(=O)N(C)C)c1C. The van der Waals surface area contributed by atoms with Gasteiger partial charge < -0.3 is 15.0 Å². The highest BCUT2D eigenvalue weighted by Crippen LogP contribution is 2.34. The van der Waals surface area contributed by atoms with Gasteiger partial charge in [0.15, 0.2) is 0 Å². The first-order valence-electron chi connectivity index (χ1n) is 9.78. The lowest BCUT2D eigenvalue weighted by atomic mass is 10.1. The highest BCUT2D eigenvalue weighted by molar-refractivity contribution is 7.99. The summed E-state index contributed by atoms with van der Waals surface area (Å²) in [5.41, 5.74) is 2.40. The van der Waals surface area contributed by atoms with Crippen molar-refractivity contribution in [2.45, 2.75) is 32.9 Å². The summed E-state index contributed by atoms with van der Waals surface area (Å²) >= 11 is 2.21.